The van der Waals surface area contributed by atoms with E-state index in [0.29, 0.717) is 23.5 Å². The van der Waals surface area contributed by atoms with E-state index in [2.05, 4.69) is 49.2 Å². The van der Waals surface area contributed by atoms with Gasteiger partial charge >= 0.3 is 0 Å². The maximum absolute atomic E-state index is 13.4. The number of ketones is 1. The fourth-order valence-corrected chi connectivity index (χ4v) is 5.28. The number of Topliss-reactive ketones (excluding diaryl/α,β-unsaturated/α-hetero) is 1. The van der Waals surface area contributed by atoms with E-state index in [-0.39, 0.29) is 10.2 Å². The molecule has 1 N–H and O–H groups in total. The van der Waals surface area contributed by atoms with E-state index < -0.39 is 0 Å². The first-order valence-electron chi connectivity index (χ1n) is 11.6. The van der Waals surface area contributed by atoms with Crippen LogP contribution in [0.5, 0.6) is 0 Å². The molecule has 4 rings (SSSR count). The molecule has 1 saturated carbocycles. The zero-order valence-electron chi connectivity index (χ0n) is 18.3. The van der Waals surface area contributed by atoms with Crippen molar-refractivity contribution in [3.8, 4) is 0 Å². The Hall–Kier alpha value is -2.42. The Morgan fingerprint density at radius 2 is 2.03 bits per heavy atom. The molecule has 0 aliphatic heterocycles. The maximum atomic E-state index is 13.4. The molecule has 3 nitrogen and oxygen atoms in total. The van der Waals surface area contributed by atoms with Crippen molar-refractivity contribution in [2.45, 2.75) is 64.7 Å². The van der Waals surface area contributed by atoms with Crippen LogP contribution in [0.15, 0.2) is 54.9 Å². The molecule has 3 heteroatoms. The molecule has 3 aromatic rings. The van der Waals surface area contributed by atoms with Crippen molar-refractivity contribution in [3.05, 3.63) is 66.1 Å². The third-order valence-corrected chi connectivity index (χ3v) is 7.21. The highest BCUT2D eigenvalue weighted by Gasteiger charge is 2.30. The summed E-state index contributed by atoms with van der Waals surface area (Å²) >= 11 is 0. The second kappa shape index (κ2) is 9.59. The quantitative estimate of drug-likeness (QED) is 0.421. The summed E-state index contributed by atoms with van der Waals surface area (Å²) < 4.78 is 0. The van der Waals surface area contributed by atoms with Gasteiger partial charge in [-0.15, -0.1) is 0 Å². The maximum Gasteiger partial charge on any atom is 0.136 e. The van der Waals surface area contributed by atoms with Gasteiger partial charge in [-0.3, -0.25) is 9.78 Å². The van der Waals surface area contributed by atoms with Crippen molar-refractivity contribution < 1.29 is 9.07 Å². The molecule has 2 heterocycles. The summed E-state index contributed by atoms with van der Waals surface area (Å²) in [5.74, 6) is 1.96. The molecule has 1 unspecified atom stereocenters. The fraction of sp³-hybridized carbons (Fsp3) is 0.481. The number of carbonyl (C=O) groups excluding carboxylic acids is 1. The molecule has 0 spiro atoms. The predicted octanol–water partition coefficient (Wildman–Crippen LogP) is 7.44. The van der Waals surface area contributed by atoms with Gasteiger partial charge in [-0.1, -0.05) is 57.0 Å². The lowest BCUT2D eigenvalue weighted by atomic mass is 9.74. The Balaban J connectivity index is 0.00000181. The summed E-state index contributed by atoms with van der Waals surface area (Å²) in [5, 5.41) is 1.25. The van der Waals surface area contributed by atoms with Crippen LogP contribution in [-0.2, 0) is 11.2 Å². The minimum atomic E-state index is 0. The number of hydrogen-bond donors (Lipinski definition) is 1. The lowest BCUT2D eigenvalue weighted by Gasteiger charge is -2.31. The number of benzene rings is 1. The standard InChI is InChI=1S/C27H34N2O.3H2/c1-3-19(2)24(17-20-8-5-4-6-9-20)26(30)18-21-10-7-11-22(16-21)27-23-12-14-28-25(23)13-15-29-27;;;/h4-6,8-9,12-15,19,21-22,24,28H,3,7,10-11,16-18H2,1-2H3;3*1H/t19-,21-,22?,24-;;;/m1.../s1. The summed E-state index contributed by atoms with van der Waals surface area (Å²) in [6.45, 7) is 4.45. The van der Waals surface area contributed by atoms with E-state index in [1.165, 1.54) is 35.9 Å². The van der Waals surface area contributed by atoms with E-state index >= 15 is 0 Å². The summed E-state index contributed by atoms with van der Waals surface area (Å²) in [6.07, 6.45) is 11.2. The second-order valence-corrected chi connectivity index (χ2v) is 9.22. The zero-order valence-corrected chi connectivity index (χ0v) is 18.3. The Bertz CT molecular complexity index is 976. The number of hydrogen-bond acceptors (Lipinski definition) is 2. The van der Waals surface area contributed by atoms with Crippen molar-refractivity contribution in [2.24, 2.45) is 17.8 Å². The van der Waals surface area contributed by atoms with Gasteiger partial charge in [0.2, 0.25) is 0 Å². The van der Waals surface area contributed by atoms with Gasteiger partial charge in [0.15, 0.2) is 0 Å². The average molecular weight is 409 g/mol. The van der Waals surface area contributed by atoms with Gasteiger partial charge in [-0.2, -0.15) is 0 Å². The highest BCUT2D eigenvalue weighted by Crippen LogP contribution is 2.40. The molecule has 1 aliphatic carbocycles. The Kier molecular flexibility index (Phi) is 6.66. The van der Waals surface area contributed by atoms with Crippen LogP contribution in [0.3, 0.4) is 0 Å². The molecule has 0 bridgehead atoms. The molecule has 30 heavy (non-hydrogen) atoms. The number of nitrogens with one attached hydrogen (secondary N) is 1. The van der Waals surface area contributed by atoms with Crippen LogP contribution >= 0.6 is 0 Å². The molecule has 0 radical (unpaired) electrons. The first kappa shape index (κ1) is 20.8. The Labute approximate surface area is 184 Å². The van der Waals surface area contributed by atoms with Crippen LogP contribution in [0.25, 0.3) is 10.9 Å². The van der Waals surface area contributed by atoms with Gasteiger partial charge in [-0.25, -0.2) is 0 Å². The number of carbonyl (C=O) groups is 1. The molecular weight excluding hydrogens is 368 g/mol. The molecule has 0 saturated heterocycles. The van der Waals surface area contributed by atoms with Gasteiger partial charge in [-0.05, 0) is 55.2 Å². The average Bonchev–Trinajstić information content (AvgIpc) is 3.27. The van der Waals surface area contributed by atoms with E-state index in [1.807, 2.05) is 24.5 Å². The third-order valence-electron chi connectivity index (χ3n) is 7.21. The van der Waals surface area contributed by atoms with E-state index in [0.717, 1.165) is 31.2 Å². The summed E-state index contributed by atoms with van der Waals surface area (Å²) in [5.41, 5.74) is 3.66. The van der Waals surface area contributed by atoms with Crippen molar-refractivity contribution >= 4 is 16.7 Å². The van der Waals surface area contributed by atoms with E-state index in [9.17, 15) is 4.79 Å². The molecule has 1 aliphatic rings. The number of nitrogens with zero attached hydrogens (tertiary/aromatic N) is 1. The second-order valence-electron chi connectivity index (χ2n) is 9.22. The van der Waals surface area contributed by atoms with Gasteiger partial charge in [0.05, 0.1) is 5.69 Å². The van der Waals surface area contributed by atoms with Gasteiger partial charge in [0.25, 0.3) is 0 Å². The minimum absolute atomic E-state index is 0. The molecule has 2 aromatic heterocycles. The van der Waals surface area contributed by atoms with Crippen molar-refractivity contribution in [1.82, 2.24) is 9.97 Å². The monoisotopic (exact) mass is 408 g/mol. The van der Waals surface area contributed by atoms with Gasteiger partial charge < -0.3 is 4.98 Å². The topological polar surface area (TPSA) is 45.8 Å². The normalized spacial score (nSPS) is 21.4. The number of H-pyrrole nitrogens is 1. The molecule has 1 aromatic carbocycles. The SMILES string of the molecule is CC[C@@H](C)[C@@H](Cc1ccccc1)C(=O)C[C@@H]1CCCC(c2nccc3[nH]ccc23)C1.[HH].[HH].[HH]. The smallest absolute Gasteiger partial charge is 0.136 e. The third kappa shape index (κ3) is 4.66. The molecule has 1 fully saturated rings. The largest absolute Gasteiger partial charge is 0.361 e. The van der Waals surface area contributed by atoms with Crippen LogP contribution in [-0.4, -0.2) is 15.8 Å². The highest BCUT2D eigenvalue weighted by atomic mass is 16.1. The molecule has 4 atom stereocenters. The van der Waals surface area contributed by atoms with Crippen LogP contribution < -0.4 is 0 Å². The van der Waals surface area contributed by atoms with Crippen molar-refractivity contribution in [3.63, 3.8) is 0 Å². The van der Waals surface area contributed by atoms with Crippen LogP contribution in [0.2, 0.25) is 0 Å². The van der Waals surface area contributed by atoms with Crippen LogP contribution in [0.1, 0.15) is 73.8 Å². The van der Waals surface area contributed by atoms with E-state index in [4.69, 9.17) is 4.98 Å². The van der Waals surface area contributed by atoms with Crippen LogP contribution in [0, 0.1) is 17.8 Å². The van der Waals surface area contributed by atoms with Crippen molar-refractivity contribution in [2.75, 3.05) is 0 Å². The highest BCUT2D eigenvalue weighted by molar-refractivity contribution is 5.82. The summed E-state index contributed by atoms with van der Waals surface area (Å²) in [6, 6.07) is 14.7. The zero-order chi connectivity index (χ0) is 20.9. The van der Waals surface area contributed by atoms with Gasteiger partial charge in [0.1, 0.15) is 5.78 Å². The number of aromatic amines is 1. The Morgan fingerprint density at radius 1 is 1.20 bits per heavy atom. The Morgan fingerprint density at radius 3 is 2.83 bits per heavy atom. The van der Waals surface area contributed by atoms with Crippen molar-refractivity contribution in [1.29, 1.82) is 0 Å². The number of aromatic nitrogens is 2. The number of fused-ring (bicyclic) bond motifs is 1. The molecule has 0 amide bonds. The number of rotatable bonds is 8. The molecule has 164 valence electrons. The fourth-order valence-electron chi connectivity index (χ4n) is 5.28. The van der Waals surface area contributed by atoms with Gasteiger partial charge in [0, 0.05) is 45.8 Å². The number of pyridine rings is 1. The molecular formula is C27H40N2O. The summed E-state index contributed by atoms with van der Waals surface area (Å²) in [4.78, 5) is 21.5. The predicted molar refractivity (Wildman–Crippen MR) is 130 cm³/mol. The first-order valence-corrected chi connectivity index (χ1v) is 11.6. The lowest BCUT2D eigenvalue weighted by Crippen LogP contribution is -2.27. The minimum Gasteiger partial charge on any atom is -0.361 e. The lowest BCUT2D eigenvalue weighted by molar-refractivity contribution is -0.125. The van der Waals surface area contributed by atoms with E-state index in [1.54, 1.807) is 0 Å². The first-order chi connectivity index (χ1) is 14.7. The van der Waals surface area contributed by atoms with Crippen LogP contribution in [0.4, 0.5) is 0 Å². The summed E-state index contributed by atoms with van der Waals surface area (Å²) in [7, 11) is 0.